The molecule has 1 rings (SSSR count). The van der Waals surface area contributed by atoms with Crippen LogP contribution in [0, 0.1) is 5.92 Å². The summed E-state index contributed by atoms with van der Waals surface area (Å²) in [5.41, 5.74) is 0. The number of hydrogen-bond donors (Lipinski definition) is 2. The maximum absolute atomic E-state index is 10.6. The minimum Gasteiger partial charge on any atom is -0.345 e. The van der Waals surface area contributed by atoms with E-state index in [0.29, 0.717) is 13.1 Å². The molecule has 0 radical (unpaired) electrons. The lowest BCUT2D eigenvalue weighted by atomic mass is 9.99. The molecule has 82 valence electrons. The zero-order valence-electron chi connectivity index (χ0n) is 7.85. The highest BCUT2D eigenvalue weighted by molar-refractivity contribution is 7.87. The van der Waals surface area contributed by atoms with Crippen LogP contribution in [0.15, 0.2) is 0 Å². The van der Waals surface area contributed by atoms with Gasteiger partial charge in [-0.15, -0.1) is 0 Å². The lowest BCUT2D eigenvalue weighted by Gasteiger charge is -2.29. The van der Waals surface area contributed by atoms with E-state index in [1.165, 1.54) is 0 Å². The van der Waals surface area contributed by atoms with E-state index in [9.17, 15) is 13.2 Å². The summed E-state index contributed by atoms with van der Waals surface area (Å²) in [5.74, 6) is 0.173. The number of carbonyl (C=O) groups excluding carboxylic acids is 1. The van der Waals surface area contributed by atoms with E-state index in [4.69, 9.17) is 5.14 Å². The Balaban J connectivity index is 2.34. The number of amides is 1. The number of likely N-dealkylation sites (tertiary alicyclic amines) is 1. The normalized spacial score (nSPS) is 23.5. The number of nitrogens with two attached hydrogens (primary N) is 1. The van der Waals surface area contributed by atoms with Gasteiger partial charge in [0, 0.05) is 19.6 Å². The van der Waals surface area contributed by atoms with Crippen LogP contribution in [0.5, 0.6) is 0 Å². The van der Waals surface area contributed by atoms with Crippen molar-refractivity contribution in [1.82, 2.24) is 9.62 Å². The zero-order valence-corrected chi connectivity index (χ0v) is 8.66. The summed E-state index contributed by atoms with van der Waals surface area (Å²) in [7, 11) is -3.60. The first kappa shape index (κ1) is 11.4. The van der Waals surface area contributed by atoms with E-state index in [1.54, 1.807) is 4.90 Å². The number of nitrogens with zero attached hydrogens (tertiary/aromatic N) is 1. The molecular weight excluding hydrogens is 206 g/mol. The fraction of sp³-hybridized carbons (Fsp3) is 0.857. The molecule has 7 heteroatoms. The van der Waals surface area contributed by atoms with E-state index < -0.39 is 10.2 Å². The summed E-state index contributed by atoms with van der Waals surface area (Å²) in [6, 6.07) is 0. The van der Waals surface area contributed by atoms with Crippen molar-refractivity contribution in [2.75, 3.05) is 19.6 Å². The van der Waals surface area contributed by atoms with E-state index in [2.05, 4.69) is 4.72 Å². The van der Waals surface area contributed by atoms with Gasteiger partial charge < -0.3 is 4.90 Å². The molecule has 1 heterocycles. The second-order valence-corrected chi connectivity index (χ2v) is 4.88. The van der Waals surface area contributed by atoms with Crippen molar-refractivity contribution in [2.24, 2.45) is 11.1 Å². The van der Waals surface area contributed by atoms with Crippen LogP contribution in [0.1, 0.15) is 12.8 Å². The fourth-order valence-corrected chi connectivity index (χ4v) is 2.06. The summed E-state index contributed by atoms with van der Waals surface area (Å²) in [4.78, 5) is 12.1. The van der Waals surface area contributed by atoms with Crippen molar-refractivity contribution in [2.45, 2.75) is 12.8 Å². The molecule has 0 aromatic heterocycles. The molecule has 1 fully saturated rings. The first-order chi connectivity index (χ1) is 6.51. The Hall–Kier alpha value is -0.660. The van der Waals surface area contributed by atoms with Crippen LogP contribution in [0.25, 0.3) is 0 Å². The summed E-state index contributed by atoms with van der Waals surface area (Å²) < 4.78 is 23.5. The highest BCUT2D eigenvalue weighted by Gasteiger charge is 2.19. The van der Waals surface area contributed by atoms with Crippen molar-refractivity contribution >= 4 is 16.6 Å². The topological polar surface area (TPSA) is 92.5 Å². The Morgan fingerprint density at radius 3 is 2.86 bits per heavy atom. The predicted octanol–water partition coefficient (Wildman–Crippen LogP) is -1.35. The molecule has 1 aliphatic rings. The molecule has 1 unspecified atom stereocenters. The highest BCUT2D eigenvalue weighted by atomic mass is 32.2. The number of piperidine rings is 1. The molecular formula is C7H15N3O3S. The SMILES string of the molecule is NS(=O)(=O)NCC1CCCN(C=O)C1. The van der Waals surface area contributed by atoms with Gasteiger partial charge in [-0.1, -0.05) is 0 Å². The Morgan fingerprint density at radius 1 is 1.57 bits per heavy atom. The molecule has 0 aromatic carbocycles. The number of carbonyl (C=O) groups is 1. The lowest BCUT2D eigenvalue weighted by molar-refractivity contribution is -0.119. The van der Waals surface area contributed by atoms with Crippen molar-refractivity contribution in [3.05, 3.63) is 0 Å². The second kappa shape index (κ2) is 4.72. The Bertz CT molecular complexity index is 291. The number of hydrogen-bond acceptors (Lipinski definition) is 3. The van der Waals surface area contributed by atoms with Crippen molar-refractivity contribution in [3.8, 4) is 0 Å². The molecule has 0 saturated carbocycles. The Labute approximate surface area is 83.6 Å². The van der Waals surface area contributed by atoms with Gasteiger partial charge in [-0.2, -0.15) is 8.42 Å². The molecule has 3 N–H and O–H groups in total. The van der Waals surface area contributed by atoms with Gasteiger partial charge in [0.15, 0.2) is 0 Å². The van der Waals surface area contributed by atoms with Crippen LogP contribution < -0.4 is 9.86 Å². The van der Waals surface area contributed by atoms with E-state index >= 15 is 0 Å². The van der Waals surface area contributed by atoms with Crippen LogP contribution in [0.2, 0.25) is 0 Å². The van der Waals surface area contributed by atoms with Gasteiger partial charge in [0.25, 0.3) is 10.2 Å². The second-order valence-electron chi connectivity index (χ2n) is 3.50. The summed E-state index contributed by atoms with van der Waals surface area (Å²) >= 11 is 0. The lowest BCUT2D eigenvalue weighted by Crippen LogP contribution is -2.41. The first-order valence-electron chi connectivity index (χ1n) is 4.48. The molecule has 0 aliphatic carbocycles. The fourth-order valence-electron chi connectivity index (χ4n) is 1.59. The quantitative estimate of drug-likeness (QED) is 0.575. The summed E-state index contributed by atoms with van der Waals surface area (Å²) in [6.45, 7) is 1.67. The van der Waals surface area contributed by atoms with Crippen molar-refractivity contribution in [3.63, 3.8) is 0 Å². The van der Waals surface area contributed by atoms with Crippen LogP contribution in [0.4, 0.5) is 0 Å². The van der Waals surface area contributed by atoms with Gasteiger partial charge in [0.2, 0.25) is 6.41 Å². The van der Waals surface area contributed by atoms with Gasteiger partial charge in [-0.25, -0.2) is 9.86 Å². The van der Waals surface area contributed by atoms with Crippen LogP contribution >= 0.6 is 0 Å². The molecule has 6 nitrogen and oxygen atoms in total. The average Bonchev–Trinajstić information content (AvgIpc) is 2.14. The van der Waals surface area contributed by atoms with Crippen molar-refractivity contribution in [1.29, 1.82) is 0 Å². The van der Waals surface area contributed by atoms with Crippen LogP contribution in [0.3, 0.4) is 0 Å². The monoisotopic (exact) mass is 221 g/mol. The average molecular weight is 221 g/mol. The number of rotatable bonds is 4. The molecule has 14 heavy (non-hydrogen) atoms. The van der Waals surface area contributed by atoms with E-state index in [-0.39, 0.29) is 5.92 Å². The number of nitrogens with one attached hydrogen (secondary N) is 1. The zero-order chi connectivity index (χ0) is 10.6. The molecule has 1 saturated heterocycles. The van der Waals surface area contributed by atoms with Gasteiger partial charge in [0.1, 0.15) is 0 Å². The largest absolute Gasteiger partial charge is 0.345 e. The van der Waals surface area contributed by atoms with Crippen molar-refractivity contribution < 1.29 is 13.2 Å². The maximum atomic E-state index is 10.6. The molecule has 0 bridgehead atoms. The minimum atomic E-state index is -3.60. The maximum Gasteiger partial charge on any atom is 0.274 e. The summed E-state index contributed by atoms with van der Waals surface area (Å²) in [5, 5.41) is 4.80. The molecule has 1 atom stereocenters. The third kappa shape index (κ3) is 4.03. The van der Waals surface area contributed by atoms with Gasteiger partial charge in [-0.05, 0) is 18.8 Å². The molecule has 1 amide bonds. The smallest absolute Gasteiger partial charge is 0.274 e. The van der Waals surface area contributed by atoms with Gasteiger partial charge >= 0.3 is 0 Å². The molecule has 0 aromatic rings. The molecule has 1 aliphatic heterocycles. The third-order valence-electron chi connectivity index (χ3n) is 2.27. The van der Waals surface area contributed by atoms with E-state index in [1.807, 2.05) is 0 Å². The third-order valence-corrected chi connectivity index (χ3v) is 2.84. The van der Waals surface area contributed by atoms with Crippen LogP contribution in [-0.2, 0) is 15.0 Å². The minimum absolute atomic E-state index is 0.173. The first-order valence-corrected chi connectivity index (χ1v) is 6.02. The summed E-state index contributed by atoms with van der Waals surface area (Å²) in [6.07, 6.45) is 2.63. The highest BCUT2D eigenvalue weighted by Crippen LogP contribution is 2.14. The van der Waals surface area contributed by atoms with E-state index in [0.717, 1.165) is 25.8 Å². The van der Waals surface area contributed by atoms with Gasteiger partial charge in [-0.3, -0.25) is 4.79 Å². The standard InChI is InChI=1S/C7H15N3O3S/c8-14(12,13)9-4-7-2-1-3-10(5-7)6-11/h6-7,9H,1-5H2,(H2,8,12,13). The Kier molecular flexibility index (Phi) is 3.85. The molecule has 0 spiro atoms. The Morgan fingerprint density at radius 2 is 2.29 bits per heavy atom. The van der Waals surface area contributed by atoms with Gasteiger partial charge in [0.05, 0.1) is 0 Å². The predicted molar refractivity (Wildman–Crippen MR) is 51.5 cm³/mol. The van der Waals surface area contributed by atoms with Crippen LogP contribution in [-0.4, -0.2) is 39.4 Å².